The number of carboxylic acid groups (broad SMARTS) is 1. The fourth-order valence-corrected chi connectivity index (χ4v) is 2.37. The molecule has 2 rings (SSSR count). The molecule has 1 heterocycles. The van der Waals surface area contributed by atoms with E-state index in [-0.39, 0.29) is 5.92 Å². The van der Waals surface area contributed by atoms with Gasteiger partial charge in [-0.25, -0.2) is 9.48 Å². The Bertz CT molecular complexity index is 758. The number of para-hydroxylation sites is 1. The van der Waals surface area contributed by atoms with Crippen molar-refractivity contribution in [1.82, 2.24) is 9.78 Å². The molecule has 0 spiro atoms. The lowest BCUT2D eigenvalue weighted by molar-refractivity contribution is -0.141. The van der Waals surface area contributed by atoms with Crippen LogP contribution in [0.4, 0.5) is 11.4 Å². The number of nitrogens with zero attached hydrogens (tertiary/aromatic N) is 2. The molecule has 0 aliphatic heterocycles. The number of nitrogens with one attached hydrogen (secondary N) is 1. The molecule has 122 valence electrons. The third-order valence-corrected chi connectivity index (χ3v) is 3.58. The van der Waals surface area contributed by atoms with Crippen LogP contribution in [-0.2, 0) is 4.79 Å². The van der Waals surface area contributed by atoms with Gasteiger partial charge in [-0.3, -0.25) is 4.79 Å². The van der Waals surface area contributed by atoms with E-state index in [4.69, 9.17) is 11.6 Å². The van der Waals surface area contributed by atoms with Crippen molar-refractivity contribution in [3.05, 3.63) is 51.9 Å². The van der Waals surface area contributed by atoms with E-state index in [1.807, 2.05) is 19.9 Å². The summed E-state index contributed by atoms with van der Waals surface area (Å²) in [6.07, 6.45) is 1.75. The fraction of sp³-hybridized carbons (Fsp3) is 0.312. The van der Waals surface area contributed by atoms with Crippen LogP contribution in [0.25, 0.3) is 0 Å². The molecule has 1 atom stereocenters. The van der Waals surface area contributed by atoms with E-state index in [2.05, 4.69) is 10.4 Å². The maximum atomic E-state index is 12.2. The van der Waals surface area contributed by atoms with Crippen molar-refractivity contribution in [1.29, 1.82) is 0 Å². The molecule has 0 aliphatic rings. The predicted molar refractivity (Wildman–Crippen MR) is 89.4 cm³/mol. The topological polar surface area (TPSA) is 84.2 Å². The van der Waals surface area contributed by atoms with Crippen molar-refractivity contribution in [2.24, 2.45) is 5.92 Å². The van der Waals surface area contributed by atoms with Gasteiger partial charge in [-0.05, 0) is 24.5 Å². The van der Waals surface area contributed by atoms with Gasteiger partial charge in [-0.2, -0.15) is 5.10 Å². The lowest BCUT2D eigenvalue weighted by Gasteiger charge is -2.16. The number of aromatic nitrogens is 2. The summed E-state index contributed by atoms with van der Waals surface area (Å²) in [6.45, 7) is 3.79. The number of benzene rings is 1. The summed E-state index contributed by atoms with van der Waals surface area (Å²) in [7, 11) is 0. The van der Waals surface area contributed by atoms with Gasteiger partial charge in [0.25, 0.3) is 5.56 Å². The molecule has 2 N–H and O–H groups in total. The highest BCUT2D eigenvalue weighted by atomic mass is 35.5. The molecule has 7 heteroatoms. The molecule has 0 aliphatic carbocycles. The summed E-state index contributed by atoms with van der Waals surface area (Å²) in [5.41, 5.74) is 0.619. The molecular weight excluding hydrogens is 318 g/mol. The zero-order chi connectivity index (χ0) is 17.0. The molecule has 0 saturated carbocycles. The van der Waals surface area contributed by atoms with E-state index < -0.39 is 17.6 Å². The first-order valence-electron chi connectivity index (χ1n) is 7.21. The van der Waals surface area contributed by atoms with Gasteiger partial charge in [-0.15, -0.1) is 0 Å². The number of hydrogen-bond acceptors (Lipinski definition) is 4. The van der Waals surface area contributed by atoms with Gasteiger partial charge in [0, 0.05) is 6.07 Å². The Balaban J connectivity index is 2.28. The van der Waals surface area contributed by atoms with E-state index in [0.717, 1.165) is 4.68 Å². The Morgan fingerprint density at radius 1 is 1.39 bits per heavy atom. The number of carboxylic acids is 1. The number of carbonyl (C=O) groups is 1. The Kier molecular flexibility index (Phi) is 5.39. The number of rotatable bonds is 6. The SMILES string of the molecule is CC(C)CC(C(=O)O)n1ncc(Nc2ccccc2Cl)cc1=O. The first kappa shape index (κ1) is 17.0. The molecule has 0 radical (unpaired) electrons. The monoisotopic (exact) mass is 335 g/mol. The molecule has 0 amide bonds. The Morgan fingerprint density at radius 3 is 2.65 bits per heavy atom. The van der Waals surface area contributed by atoms with Gasteiger partial charge in [0.2, 0.25) is 0 Å². The summed E-state index contributed by atoms with van der Waals surface area (Å²) >= 11 is 6.05. The average Bonchev–Trinajstić information content (AvgIpc) is 2.47. The highest BCUT2D eigenvalue weighted by Crippen LogP contribution is 2.24. The van der Waals surface area contributed by atoms with Gasteiger partial charge in [0.05, 0.1) is 22.6 Å². The zero-order valence-electron chi connectivity index (χ0n) is 12.9. The smallest absolute Gasteiger partial charge is 0.328 e. The van der Waals surface area contributed by atoms with Gasteiger partial charge in [0.1, 0.15) is 0 Å². The number of halogens is 1. The zero-order valence-corrected chi connectivity index (χ0v) is 13.6. The standard InChI is InChI=1S/C16H18ClN3O3/c1-10(2)7-14(16(22)23)20-15(21)8-11(9-18-20)19-13-6-4-3-5-12(13)17/h3-6,8-10,14,19H,7H2,1-2H3,(H,22,23). The lowest BCUT2D eigenvalue weighted by atomic mass is 10.0. The van der Waals surface area contributed by atoms with Crippen LogP contribution < -0.4 is 10.9 Å². The van der Waals surface area contributed by atoms with E-state index in [9.17, 15) is 14.7 Å². The Morgan fingerprint density at radius 2 is 2.09 bits per heavy atom. The van der Waals surface area contributed by atoms with Crippen molar-refractivity contribution < 1.29 is 9.90 Å². The van der Waals surface area contributed by atoms with Crippen LogP contribution in [-0.4, -0.2) is 20.9 Å². The van der Waals surface area contributed by atoms with Crippen LogP contribution in [0, 0.1) is 5.92 Å². The van der Waals surface area contributed by atoms with Crippen LogP contribution in [0.15, 0.2) is 41.3 Å². The fourth-order valence-electron chi connectivity index (χ4n) is 2.19. The highest BCUT2D eigenvalue weighted by molar-refractivity contribution is 6.33. The molecule has 0 fully saturated rings. The van der Waals surface area contributed by atoms with Gasteiger partial charge in [-0.1, -0.05) is 37.6 Å². The van der Waals surface area contributed by atoms with Crippen molar-refractivity contribution in [2.75, 3.05) is 5.32 Å². The number of anilines is 2. The Hall–Kier alpha value is -2.34. The van der Waals surface area contributed by atoms with Gasteiger partial charge in [0.15, 0.2) is 6.04 Å². The van der Waals surface area contributed by atoms with Crippen molar-refractivity contribution >= 4 is 28.9 Å². The number of aliphatic carboxylic acids is 1. The lowest BCUT2D eigenvalue weighted by Crippen LogP contribution is -2.32. The highest BCUT2D eigenvalue weighted by Gasteiger charge is 2.23. The van der Waals surface area contributed by atoms with E-state index >= 15 is 0 Å². The number of hydrogen-bond donors (Lipinski definition) is 2. The van der Waals surface area contributed by atoms with Crippen molar-refractivity contribution in [3.8, 4) is 0 Å². The summed E-state index contributed by atoms with van der Waals surface area (Å²) in [6, 6.07) is 7.44. The summed E-state index contributed by atoms with van der Waals surface area (Å²) in [5.74, 6) is -0.939. The molecule has 1 unspecified atom stereocenters. The van der Waals surface area contributed by atoms with E-state index in [0.29, 0.717) is 22.8 Å². The maximum absolute atomic E-state index is 12.2. The largest absolute Gasteiger partial charge is 0.480 e. The van der Waals surface area contributed by atoms with Crippen LogP contribution in [0.5, 0.6) is 0 Å². The minimum Gasteiger partial charge on any atom is -0.480 e. The third kappa shape index (κ3) is 4.32. The average molecular weight is 336 g/mol. The quantitative estimate of drug-likeness (QED) is 0.846. The van der Waals surface area contributed by atoms with Crippen LogP contribution >= 0.6 is 11.6 Å². The second-order valence-corrected chi connectivity index (χ2v) is 6.02. The molecule has 1 aromatic carbocycles. The third-order valence-electron chi connectivity index (χ3n) is 3.25. The molecule has 0 saturated heterocycles. The van der Waals surface area contributed by atoms with Crippen molar-refractivity contribution in [3.63, 3.8) is 0 Å². The predicted octanol–water partition coefficient (Wildman–Crippen LogP) is 3.31. The maximum Gasteiger partial charge on any atom is 0.328 e. The summed E-state index contributed by atoms with van der Waals surface area (Å²) in [4.78, 5) is 23.6. The normalized spacial score (nSPS) is 12.2. The van der Waals surface area contributed by atoms with Crippen LogP contribution in [0.3, 0.4) is 0 Å². The summed E-state index contributed by atoms with van der Waals surface area (Å²) in [5, 5.41) is 16.8. The first-order valence-corrected chi connectivity index (χ1v) is 7.59. The molecule has 1 aromatic heterocycles. The van der Waals surface area contributed by atoms with E-state index in [1.165, 1.54) is 12.3 Å². The van der Waals surface area contributed by atoms with Crippen molar-refractivity contribution in [2.45, 2.75) is 26.3 Å². The minimum atomic E-state index is -1.07. The van der Waals surface area contributed by atoms with Gasteiger partial charge >= 0.3 is 5.97 Å². The molecule has 0 bridgehead atoms. The second-order valence-electron chi connectivity index (χ2n) is 5.62. The first-order chi connectivity index (χ1) is 10.9. The van der Waals surface area contributed by atoms with Crippen LogP contribution in [0.2, 0.25) is 5.02 Å². The second kappa shape index (κ2) is 7.28. The molecule has 2 aromatic rings. The molecule has 23 heavy (non-hydrogen) atoms. The Labute approximate surface area is 138 Å². The van der Waals surface area contributed by atoms with Crippen LogP contribution in [0.1, 0.15) is 26.3 Å². The summed E-state index contributed by atoms with van der Waals surface area (Å²) < 4.78 is 1.00. The molecular formula is C16H18ClN3O3. The minimum absolute atomic E-state index is 0.130. The van der Waals surface area contributed by atoms with E-state index in [1.54, 1.807) is 18.2 Å². The van der Waals surface area contributed by atoms with Gasteiger partial charge < -0.3 is 10.4 Å². The molecule has 6 nitrogen and oxygen atoms in total.